The first-order chi connectivity index (χ1) is 11.8. The predicted molar refractivity (Wildman–Crippen MR) is 92.0 cm³/mol. The minimum Gasteiger partial charge on any atom is -0.423 e. The second-order valence-corrected chi connectivity index (χ2v) is 7.35. The Bertz CT molecular complexity index is 954. The average Bonchev–Trinajstić information content (AvgIpc) is 3.13. The Morgan fingerprint density at radius 1 is 1.24 bits per heavy atom. The van der Waals surface area contributed by atoms with Gasteiger partial charge < -0.3 is 20.3 Å². The fourth-order valence-corrected chi connectivity index (χ4v) is 2.98. The van der Waals surface area contributed by atoms with Crippen LogP contribution in [0, 0.1) is 0 Å². The highest BCUT2D eigenvalue weighted by Crippen LogP contribution is 2.41. The summed E-state index contributed by atoms with van der Waals surface area (Å²) in [5.41, 5.74) is 7.17. The van der Waals surface area contributed by atoms with Crippen molar-refractivity contribution in [3.8, 4) is 11.4 Å². The summed E-state index contributed by atoms with van der Waals surface area (Å²) in [5, 5.41) is 29.0. The van der Waals surface area contributed by atoms with Gasteiger partial charge in [0.2, 0.25) is 0 Å². The summed E-state index contributed by atoms with van der Waals surface area (Å²) >= 11 is 0. The molecule has 0 radical (unpaired) electrons. The summed E-state index contributed by atoms with van der Waals surface area (Å²) in [5.74, 6) is 0.923. The number of fused-ring (bicyclic) bond motifs is 1. The van der Waals surface area contributed by atoms with Crippen molar-refractivity contribution in [3.63, 3.8) is 0 Å². The molecule has 0 aliphatic heterocycles. The third-order valence-corrected chi connectivity index (χ3v) is 4.32. The summed E-state index contributed by atoms with van der Waals surface area (Å²) in [6.07, 6.45) is 3.26. The van der Waals surface area contributed by atoms with E-state index >= 15 is 0 Å². The lowest BCUT2D eigenvalue weighted by Gasteiger charge is -2.19. The molecule has 3 aromatic heterocycles. The van der Waals surface area contributed by atoms with Crippen molar-refractivity contribution in [3.05, 3.63) is 12.1 Å². The molecule has 0 amide bonds. The Morgan fingerprint density at radius 2 is 1.96 bits per heavy atom. The van der Waals surface area contributed by atoms with Gasteiger partial charge in [-0.25, -0.2) is 14.6 Å². The fraction of sp³-hybridized carbons (Fsp3) is 0.467. The van der Waals surface area contributed by atoms with E-state index in [0.717, 1.165) is 12.8 Å². The molecule has 10 heteroatoms. The van der Waals surface area contributed by atoms with Gasteiger partial charge in [-0.15, -0.1) is 0 Å². The lowest BCUT2D eigenvalue weighted by atomic mass is 9.76. The number of nitrogens with zero attached hydrogens (tertiary/aromatic N) is 5. The molecular weight excluding hydrogens is 323 g/mol. The first-order valence-corrected chi connectivity index (χ1v) is 8.14. The molecule has 4 N–H and O–H groups in total. The van der Waals surface area contributed by atoms with Crippen LogP contribution in [0.25, 0.3) is 22.4 Å². The molecule has 0 spiro atoms. The zero-order valence-corrected chi connectivity index (χ0v) is 14.3. The standard InChI is InChI=1S/C15H19BN6O3/c1-15(2,3)22-14-8(13(17)18-6-19-14)10(20-22)11-9(16(23)24)12(25-21-11)7-4-5-7/h6-7,23-24H,4-5H2,1-3H3,(H2,17,18,19). The molecule has 0 aromatic carbocycles. The number of nitrogen functional groups attached to an aromatic ring is 1. The number of anilines is 1. The maximum absolute atomic E-state index is 9.88. The van der Waals surface area contributed by atoms with Gasteiger partial charge in [-0.2, -0.15) is 5.10 Å². The van der Waals surface area contributed by atoms with E-state index in [9.17, 15) is 10.0 Å². The van der Waals surface area contributed by atoms with Crippen LogP contribution < -0.4 is 11.2 Å². The molecule has 1 saturated carbocycles. The molecular formula is C15H19BN6O3. The Morgan fingerprint density at radius 3 is 2.56 bits per heavy atom. The van der Waals surface area contributed by atoms with Crippen LogP contribution in [-0.4, -0.2) is 42.1 Å². The highest BCUT2D eigenvalue weighted by atomic mass is 16.5. The van der Waals surface area contributed by atoms with E-state index in [-0.39, 0.29) is 28.4 Å². The van der Waals surface area contributed by atoms with Gasteiger partial charge in [-0.3, -0.25) is 0 Å². The molecule has 130 valence electrons. The molecule has 0 saturated heterocycles. The van der Waals surface area contributed by atoms with Crippen molar-refractivity contribution in [1.82, 2.24) is 24.9 Å². The molecule has 1 aliphatic rings. The van der Waals surface area contributed by atoms with Crippen LogP contribution in [0.1, 0.15) is 45.3 Å². The van der Waals surface area contributed by atoms with E-state index in [4.69, 9.17) is 10.3 Å². The second-order valence-electron chi connectivity index (χ2n) is 7.35. The minimum absolute atomic E-state index is 0.169. The Kier molecular flexibility index (Phi) is 3.38. The maximum atomic E-state index is 9.88. The van der Waals surface area contributed by atoms with Crippen molar-refractivity contribution < 1.29 is 14.6 Å². The first kappa shape index (κ1) is 16.0. The molecule has 4 rings (SSSR count). The smallest absolute Gasteiger partial charge is 0.423 e. The summed E-state index contributed by atoms with van der Waals surface area (Å²) in [6, 6.07) is 0. The van der Waals surface area contributed by atoms with Crippen molar-refractivity contribution >= 4 is 29.4 Å². The molecule has 3 aromatic rings. The molecule has 25 heavy (non-hydrogen) atoms. The van der Waals surface area contributed by atoms with Crippen LogP contribution in [0.2, 0.25) is 0 Å². The van der Waals surface area contributed by atoms with E-state index in [2.05, 4.69) is 20.2 Å². The van der Waals surface area contributed by atoms with Gasteiger partial charge >= 0.3 is 7.12 Å². The average molecular weight is 342 g/mol. The molecule has 3 heterocycles. The lowest BCUT2D eigenvalue weighted by molar-refractivity contribution is 0.365. The van der Waals surface area contributed by atoms with Crippen LogP contribution in [0.3, 0.4) is 0 Å². The van der Waals surface area contributed by atoms with E-state index < -0.39 is 7.12 Å². The lowest BCUT2D eigenvalue weighted by Crippen LogP contribution is -2.33. The topological polar surface area (TPSA) is 136 Å². The van der Waals surface area contributed by atoms with Gasteiger partial charge in [-0.1, -0.05) is 5.16 Å². The van der Waals surface area contributed by atoms with Gasteiger partial charge in [0.25, 0.3) is 0 Å². The van der Waals surface area contributed by atoms with E-state index in [1.54, 1.807) is 4.68 Å². The van der Waals surface area contributed by atoms with Gasteiger partial charge in [0, 0.05) is 5.92 Å². The molecule has 0 unspecified atom stereocenters. The van der Waals surface area contributed by atoms with Crippen molar-refractivity contribution in [1.29, 1.82) is 0 Å². The van der Waals surface area contributed by atoms with Gasteiger partial charge in [-0.05, 0) is 33.6 Å². The summed E-state index contributed by atoms with van der Waals surface area (Å²) in [4.78, 5) is 8.36. The largest absolute Gasteiger partial charge is 0.494 e. The number of hydrogen-bond acceptors (Lipinski definition) is 8. The zero-order valence-electron chi connectivity index (χ0n) is 14.3. The molecule has 9 nitrogen and oxygen atoms in total. The number of hydrogen-bond donors (Lipinski definition) is 3. The predicted octanol–water partition coefficient (Wildman–Crippen LogP) is 0.376. The maximum Gasteiger partial charge on any atom is 0.494 e. The highest BCUT2D eigenvalue weighted by Gasteiger charge is 2.38. The second kappa shape index (κ2) is 5.27. The van der Waals surface area contributed by atoms with Crippen molar-refractivity contribution in [2.24, 2.45) is 0 Å². The third kappa shape index (κ3) is 2.49. The Labute approximate surface area is 144 Å². The van der Waals surface area contributed by atoms with Crippen LogP contribution in [0.4, 0.5) is 5.82 Å². The normalized spacial score (nSPS) is 15.1. The SMILES string of the molecule is CC(C)(C)n1nc(-c2noc(C3CC3)c2B(O)O)c2c(N)ncnc21. The van der Waals surface area contributed by atoms with Gasteiger partial charge in [0.15, 0.2) is 5.65 Å². The molecule has 1 aliphatic carbocycles. The van der Waals surface area contributed by atoms with E-state index in [1.165, 1.54) is 6.33 Å². The first-order valence-electron chi connectivity index (χ1n) is 8.14. The highest BCUT2D eigenvalue weighted by molar-refractivity contribution is 6.61. The van der Waals surface area contributed by atoms with E-state index in [1.807, 2.05) is 20.8 Å². The van der Waals surface area contributed by atoms with Crippen LogP contribution in [0.15, 0.2) is 10.9 Å². The fourth-order valence-electron chi connectivity index (χ4n) is 2.98. The van der Waals surface area contributed by atoms with Gasteiger partial charge in [0.05, 0.1) is 16.4 Å². The van der Waals surface area contributed by atoms with Crippen LogP contribution >= 0.6 is 0 Å². The van der Waals surface area contributed by atoms with Gasteiger partial charge in [0.1, 0.15) is 29.3 Å². The van der Waals surface area contributed by atoms with Crippen LogP contribution in [-0.2, 0) is 5.54 Å². The monoisotopic (exact) mass is 342 g/mol. The van der Waals surface area contributed by atoms with Crippen LogP contribution in [0.5, 0.6) is 0 Å². The van der Waals surface area contributed by atoms with E-state index in [0.29, 0.717) is 22.5 Å². The number of rotatable bonds is 3. The summed E-state index contributed by atoms with van der Waals surface area (Å²) in [6.45, 7) is 5.96. The summed E-state index contributed by atoms with van der Waals surface area (Å²) < 4.78 is 7.15. The molecule has 0 bridgehead atoms. The number of aromatic nitrogens is 5. The summed E-state index contributed by atoms with van der Waals surface area (Å²) in [7, 11) is -1.71. The molecule has 0 atom stereocenters. The minimum atomic E-state index is -1.71. The molecule has 1 fully saturated rings. The third-order valence-electron chi connectivity index (χ3n) is 4.32. The van der Waals surface area contributed by atoms with Crippen molar-refractivity contribution in [2.75, 3.05) is 5.73 Å². The number of nitrogens with two attached hydrogens (primary N) is 1. The Hall–Kier alpha value is -2.46. The van der Waals surface area contributed by atoms with Crippen molar-refractivity contribution in [2.45, 2.75) is 45.1 Å². The zero-order chi connectivity index (χ0) is 17.9. The quantitative estimate of drug-likeness (QED) is 0.581. The Balaban J connectivity index is 2.02.